The van der Waals surface area contributed by atoms with Crippen molar-refractivity contribution in [2.24, 2.45) is 0 Å². The Labute approximate surface area is 110 Å². The van der Waals surface area contributed by atoms with Gasteiger partial charge in [0.2, 0.25) is 0 Å². The van der Waals surface area contributed by atoms with Crippen LogP contribution in [0.3, 0.4) is 0 Å². The van der Waals surface area contributed by atoms with Crippen molar-refractivity contribution < 1.29 is 93.1 Å². The summed E-state index contributed by atoms with van der Waals surface area (Å²) in [5, 5.41) is 0. The first kappa shape index (κ1) is 85.9. The number of hydrogen-bond donors (Lipinski definition) is 0. The van der Waals surface area contributed by atoms with E-state index in [1.165, 1.54) is 0 Å². The molecule has 0 saturated heterocycles. The quantitative estimate of drug-likeness (QED) is 0.413. The first-order chi connectivity index (χ1) is 0. The van der Waals surface area contributed by atoms with Crippen molar-refractivity contribution in [3.63, 3.8) is 0 Å². The Bertz CT molecular complexity index is 19.7. The van der Waals surface area contributed by atoms with Crippen LogP contribution in [0.5, 0.6) is 0 Å². The second kappa shape index (κ2) is 61.4. The average Bonchev–Trinajstić information content (AvgIpc) is 0. The standard InChI is InChI=1S/C.Cr.Fe.Mo.Ni.Si.W. The van der Waals surface area contributed by atoms with Gasteiger partial charge in [-0.1, -0.05) is 0 Å². The molecule has 44 valence electrons. The molecule has 0 N–H and O–H groups in total. The first-order valence-electron chi connectivity index (χ1n) is 0. The average molecular weight is 486 g/mol. The molecular weight excluding hydrogens is 486 g/mol. The minimum absolute atomic E-state index is 0. The molecule has 0 rings (SSSR count). The molecule has 0 aromatic rings. The second-order valence-corrected chi connectivity index (χ2v) is 0. The van der Waals surface area contributed by atoms with Crippen LogP contribution in [0.4, 0.5) is 0 Å². The van der Waals surface area contributed by atoms with E-state index in [2.05, 4.69) is 0 Å². The summed E-state index contributed by atoms with van der Waals surface area (Å²) >= 11 is 0. The first-order valence-corrected chi connectivity index (χ1v) is 0. The maximum absolute atomic E-state index is 0. The molecule has 0 aliphatic rings. The van der Waals surface area contributed by atoms with Crippen LogP contribution in [-0.4, -0.2) is 11.0 Å². The van der Waals surface area contributed by atoms with Crippen molar-refractivity contribution in [2.45, 2.75) is 0 Å². The van der Waals surface area contributed by atoms with Gasteiger partial charge in [-0.15, -0.1) is 0 Å². The third kappa shape index (κ3) is 47.3. The largest absolute Gasteiger partial charge is 0 e. The van der Waals surface area contributed by atoms with Crippen LogP contribution in [0, 0.1) is 7.43 Å². The van der Waals surface area contributed by atoms with E-state index in [1.807, 2.05) is 0 Å². The van der Waals surface area contributed by atoms with Gasteiger partial charge in [-0.25, -0.2) is 0 Å². The fourth-order valence-electron chi connectivity index (χ4n) is 0. The van der Waals surface area contributed by atoms with Crippen molar-refractivity contribution in [3.8, 4) is 0 Å². The second-order valence-electron chi connectivity index (χ2n) is 0. The van der Waals surface area contributed by atoms with Gasteiger partial charge in [0.05, 0.1) is 0 Å². The number of rotatable bonds is 0. The Morgan fingerprint density at radius 2 is 1.00 bits per heavy atom. The van der Waals surface area contributed by atoms with Crippen LogP contribution >= 0.6 is 0 Å². The van der Waals surface area contributed by atoms with Gasteiger partial charge < -0.3 is 0 Å². The Kier molecular flexibility index (Phi) is 754. The van der Waals surface area contributed by atoms with Crippen molar-refractivity contribution >= 4 is 11.0 Å². The van der Waals surface area contributed by atoms with E-state index in [4.69, 9.17) is 0 Å². The summed E-state index contributed by atoms with van der Waals surface area (Å²) in [6.07, 6.45) is 0. The zero-order valence-corrected chi connectivity index (χ0v) is 12.2. The summed E-state index contributed by atoms with van der Waals surface area (Å²) in [5.41, 5.74) is 0. The molecule has 0 saturated carbocycles. The summed E-state index contributed by atoms with van der Waals surface area (Å²) in [6.45, 7) is 0. The summed E-state index contributed by atoms with van der Waals surface area (Å²) in [6, 6.07) is 0. The molecule has 0 aliphatic heterocycles. The predicted molar refractivity (Wildman–Crippen MR) is 9.00 cm³/mol. The molecule has 0 nitrogen and oxygen atoms in total. The molecule has 0 unspecified atom stereocenters. The number of hydrogen-bond acceptors (Lipinski definition) is 0. The van der Waals surface area contributed by atoms with E-state index >= 15 is 0 Å². The predicted octanol–water partition coefficient (Wildman–Crippen LogP) is -0.312. The zero-order valence-electron chi connectivity index (χ0n) is 2.89. The Balaban J connectivity index is 0. The Hall–Kier alpha value is 3.14. The van der Waals surface area contributed by atoms with Gasteiger partial charge in [-0.3, -0.25) is 0 Å². The minimum Gasteiger partial charge on any atom is 0 e. The Morgan fingerprint density at radius 3 is 1.00 bits per heavy atom. The summed E-state index contributed by atoms with van der Waals surface area (Å²) in [4.78, 5) is 0. The van der Waals surface area contributed by atoms with E-state index in [0.29, 0.717) is 0 Å². The fraction of sp³-hybridized carbons (Fsp3) is 0. The summed E-state index contributed by atoms with van der Waals surface area (Å²) in [5.74, 6) is 0. The molecule has 0 atom stereocenters. The van der Waals surface area contributed by atoms with E-state index in [9.17, 15) is 0 Å². The van der Waals surface area contributed by atoms with Crippen molar-refractivity contribution in [1.82, 2.24) is 0 Å². The molecule has 0 spiro atoms. The maximum atomic E-state index is 0. The third-order valence-electron chi connectivity index (χ3n) is 0. The van der Waals surface area contributed by atoms with Crippen molar-refractivity contribution in [3.05, 3.63) is 7.43 Å². The molecule has 0 aromatic carbocycles. The normalized spacial score (nSPS) is 0. The van der Waals surface area contributed by atoms with Gasteiger partial charge in [0, 0.05) is 111 Å². The SMILES string of the molecule is [C].[Cr].[Fe].[Mo].[Ni].[Si].[W]. The molecule has 0 heterocycles. The van der Waals surface area contributed by atoms with Gasteiger partial charge >= 0.3 is 0 Å². The minimum atomic E-state index is 0. The molecule has 0 bridgehead atoms. The van der Waals surface area contributed by atoms with Gasteiger partial charge in [0.25, 0.3) is 0 Å². The van der Waals surface area contributed by atoms with Crippen LogP contribution in [0.25, 0.3) is 0 Å². The molecule has 8 radical (unpaired) electrons. The molecular formula is CCrFeMoNiSiW. The fourth-order valence-corrected chi connectivity index (χ4v) is 0. The van der Waals surface area contributed by atoms with E-state index in [1.54, 1.807) is 0 Å². The van der Waals surface area contributed by atoms with Crippen LogP contribution in [-0.2, 0) is 93.1 Å². The molecule has 0 aromatic heterocycles. The monoisotopic (exact) mass is 488 g/mol. The van der Waals surface area contributed by atoms with E-state index in [-0.39, 0.29) is 111 Å². The Morgan fingerprint density at radius 1 is 1.00 bits per heavy atom. The van der Waals surface area contributed by atoms with Gasteiger partial charge in [0.1, 0.15) is 0 Å². The van der Waals surface area contributed by atoms with Crippen LogP contribution < -0.4 is 0 Å². The third-order valence-corrected chi connectivity index (χ3v) is 0. The molecule has 7 heavy (non-hydrogen) atoms. The molecule has 0 aliphatic carbocycles. The van der Waals surface area contributed by atoms with E-state index < -0.39 is 0 Å². The van der Waals surface area contributed by atoms with Crippen LogP contribution in [0.2, 0.25) is 0 Å². The van der Waals surface area contributed by atoms with Gasteiger partial charge in [-0.2, -0.15) is 0 Å². The molecule has 0 fully saturated rings. The molecule has 0 amide bonds. The van der Waals surface area contributed by atoms with Gasteiger partial charge in [-0.05, 0) is 0 Å². The van der Waals surface area contributed by atoms with Crippen molar-refractivity contribution in [2.75, 3.05) is 0 Å². The topological polar surface area (TPSA) is 0 Å². The molecule has 6 heteroatoms. The summed E-state index contributed by atoms with van der Waals surface area (Å²) in [7, 11) is 0. The smallest absolute Gasteiger partial charge is 0 e. The summed E-state index contributed by atoms with van der Waals surface area (Å²) < 4.78 is 0. The van der Waals surface area contributed by atoms with Crippen LogP contribution in [0.1, 0.15) is 0 Å². The van der Waals surface area contributed by atoms with Crippen LogP contribution in [0.15, 0.2) is 0 Å². The van der Waals surface area contributed by atoms with Gasteiger partial charge in [0.15, 0.2) is 0 Å². The van der Waals surface area contributed by atoms with E-state index in [0.717, 1.165) is 0 Å². The van der Waals surface area contributed by atoms with Crippen molar-refractivity contribution in [1.29, 1.82) is 0 Å². The zero-order chi connectivity index (χ0) is 0. The maximum Gasteiger partial charge on any atom is 0 e.